The van der Waals surface area contributed by atoms with Crippen molar-refractivity contribution in [3.05, 3.63) is 29.6 Å². The van der Waals surface area contributed by atoms with Gasteiger partial charge in [-0.1, -0.05) is 11.6 Å². The summed E-state index contributed by atoms with van der Waals surface area (Å²) in [6.07, 6.45) is 5.92. The van der Waals surface area contributed by atoms with E-state index in [1.54, 1.807) is 13.8 Å². The molecule has 2 amide bonds. The summed E-state index contributed by atoms with van der Waals surface area (Å²) in [6, 6.07) is -0.720. The van der Waals surface area contributed by atoms with Gasteiger partial charge in [0, 0.05) is 12.1 Å². The van der Waals surface area contributed by atoms with Crippen molar-refractivity contribution in [3.63, 3.8) is 0 Å². The standard InChI is InChI=1S/C20H29F3N4O2/c1-5-13(2)8-16(25-17(28)14-6-7-14)18(29)26-19(3,4)12-27-10-15(9-24-27)20(22,23)11-21/h5,9-10,14,16H,6-8,11-12H2,1-4H3,(H,25,28)(H,26,29)/b13-5+. The van der Waals surface area contributed by atoms with Gasteiger partial charge in [0.25, 0.3) is 0 Å². The molecule has 0 aliphatic heterocycles. The van der Waals surface area contributed by atoms with Crippen molar-refractivity contribution in [2.45, 2.75) is 71.0 Å². The summed E-state index contributed by atoms with van der Waals surface area (Å²) in [5.74, 6) is -4.10. The molecule has 1 saturated carbocycles. The topological polar surface area (TPSA) is 76.0 Å². The lowest BCUT2D eigenvalue weighted by Crippen LogP contribution is -2.55. The number of amides is 2. The highest BCUT2D eigenvalue weighted by Gasteiger charge is 2.35. The van der Waals surface area contributed by atoms with Gasteiger partial charge in [-0.05, 0) is 47.0 Å². The SMILES string of the molecule is C/C=C(\C)CC(NC(=O)C1CC1)C(=O)NC(C)(C)Cn1cc(C(F)(F)CF)cn1. The minimum atomic E-state index is -3.59. The molecule has 1 aliphatic carbocycles. The molecule has 1 aromatic rings. The quantitative estimate of drug-likeness (QED) is 0.578. The van der Waals surface area contributed by atoms with E-state index in [1.807, 2.05) is 19.9 Å². The van der Waals surface area contributed by atoms with Gasteiger partial charge in [0.1, 0.15) is 6.04 Å². The van der Waals surface area contributed by atoms with E-state index in [0.29, 0.717) is 6.42 Å². The van der Waals surface area contributed by atoms with Crippen LogP contribution in [0.3, 0.4) is 0 Å². The number of allylic oxidation sites excluding steroid dienone is 1. The largest absolute Gasteiger partial charge is 0.348 e. The molecule has 0 bridgehead atoms. The van der Waals surface area contributed by atoms with Gasteiger partial charge in [-0.3, -0.25) is 14.3 Å². The first-order chi connectivity index (χ1) is 13.5. The molecular weight excluding hydrogens is 385 g/mol. The number of hydrogen-bond acceptors (Lipinski definition) is 3. The number of aromatic nitrogens is 2. The Hall–Kier alpha value is -2.32. The van der Waals surface area contributed by atoms with Crippen LogP contribution >= 0.6 is 0 Å². The van der Waals surface area contributed by atoms with Crippen LogP contribution in [-0.2, 0) is 22.1 Å². The molecule has 162 valence electrons. The van der Waals surface area contributed by atoms with Crippen LogP contribution in [0.2, 0.25) is 0 Å². The molecule has 1 fully saturated rings. The molecule has 1 atom stereocenters. The molecule has 2 N–H and O–H groups in total. The van der Waals surface area contributed by atoms with Crippen LogP contribution in [0.25, 0.3) is 0 Å². The zero-order valence-electron chi connectivity index (χ0n) is 17.3. The van der Waals surface area contributed by atoms with Gasteiger partial charge in [-0.15, -0.1) is 0 Å². The van der Waals surface area contributed by atoms with Crippen LogP contribution < -0.4 is 10.6 Å². The van der Waals surface area contributed by atoms with Crippen molar-refractivity contribution in [2.24, 2.45) is 5.92 Å². The van der Waals surface area contributed by atoms with E-state index in [0.717, 1.165) is 30.8 Å². The van der Waals surface area contributed by atoms with Gasteiger partial charge in [0.15, 0.2) is 6.67 Å². The van der Waals surface area contributed by atoms with Gasteiger partial charge in [0.2, 0.25) is 11.8 Å². The molecular formula is C20H29F3N4O2. The fourth-order valence-corrected chi connectivity index (χ4v) is 2.87. The van der Waals surface area contributed by atoms with Crippen molar-refractivity contribution in [2.75, 3.05) is 6.67 Å². The van der Waals surface area contributed by atoms with E-state index in [1.165, 1.54) is 4.68 Å². The van der Waals surface area contributed by atoms with Gasteiger partial charge in [-0.25, -0.2) is 4.39 Å². The zero-order valence-corrected chi connectivity index (χ0v) is 17.3. The van der Waals surface area contributed by atoms with E-state index < -0.39 is 29.7 Å². The summed E-state index contributed by atoms with van der Waals surface area (Å²) in [5, 5.41) is 9.51. The molecule has 1 aromatic heterocycles. The molecule has 0 saturated heterocycles. The first-order valence-corrected chi connectivity index (χ1v) is 9.68. The number of rotatable bonds is 10. The normalized spacial score (nSPS) is 16.4. The van der Waals surface area contributed by atoms with E-state index in [-0.39, 0.29) is 24.3 Å². The van der Waals surface area contributed by atoms with Crippen molar-refractivity contribution in [1.82, 2.24) is 20.4 Å². The van der Waals surface area contributed by atoms with Gasteiger partial charge in [0.05, 0.1) is 23.8 Å². The Morgan fingerprint density at radius 1 is 1.38 bits per heavy atom. The van der Waals surface area contributed by atoms with E-state index in [2.05, 4.69) is 15.7 Å². The van der Waals surface area contributed by atoms with Crippen LogP contribution in [0.4, 0.5) is 13.2 Å². The minimum Gasteiger partial charge on any atom is -0.348 e. The Morgan fingerprint density at radius 3 is 2.59 bits per heavy atom. The van der Waals surface area contributed by atoms with E-state index >= 15 is 0 Å². The summed E-state index contributed by atoms with van der Waals surface area (Å²) in [5.41, 5.74) is -0.387. The summed E-state index contributed by atoms with van der Waals surface area (Å²) < 4.78 is 40.6. The molecule has 0 spiro atoms. The summed E-state index contributed by atoms with van der Waals surface area (Å²) >= 11 is 0. The van der Waals surface area contributed by atoms with Gasteiger partial charge >= 0.3 is 5.92 Å². The Bertz CT molecular complexity index is 770. The van der Waals surface area contributed by atoms with E-state index in [4.69, 9.17) is 0 Å². The maximum Gasteiger partial charge on any atom is 0.304 e. The first kappa shape index (κ1) is 23.0. The second-order valence-electron chi connectivity index (χ2n) is 8.31. The van der Waals surface area contributed by atoms with Crippen molar-refractivity contribution >= 4 is 11.8 Å². The second-order valence-corrected chi connectivity index (χ2v) is 8.31. The Labute approximate surface area is 168 Å². The molecule has 1 aliphatic rings. The lowest BCUT2D eigenvalue weighted by Gasteiger charge is -2.29. The van der Waals surface area contributed by atoms with Gasteiger partial charge in [-0.2, -0.15) is 13.9 Å². The summed E-state index contributed by atoms with van der Waals surface area (Å²) in [7, 11) is 0. The Balaban J connectivity index is 2.04. The van der Waals surface area contributed by atoms with Crippen molar-refractivity contribution in [1.29, 1.82) is 0 Å². The molecule has 0 radical (unpaired) electrons. The molecule has 29 heavy (non-hydrogen) atoms. The maximum atomic E-state index is 13.5. The zero-order chi connectivity index (χ0) is 21.8. The Morgan fingerprint density at radius 2 is 2.03 bits per heavy atom. The van der Waals surface area contributed by atoms with Crippen molar-refractivity contribution < 1.29 is 22.8 Å². The fraction of sp³-hybridized carbons (Fsp3) is 0.650. The number of halogens is 3. The first-order valence-electron chi connectivity index (χ1n) is 9.68. The number of carbonyl (C=O) groups is 2. The molecule has 1 unspecified atom stereocenters. The van der Waals surface area contributed by atoms with Crippen LogP contribution in [-0.4, -0.2) is 39.9 Å². The second kappa shape index (κ2) is 9.00. The molecule has 9 heteroatoms. The predicted octanol–water partition coefficient (Wildman–Crippen LogP) is 3.09. The summed E-state index contributed by atoms with van der Waals surface area (Å²) in [4.78, 5) is 25.0. The number of nitrogens with one attached hydrogen (secondary N) is 2. The molecule has 6 nitrogen and oxygen atoms in total. The number of alkyl halides is 3. The van der Waals surface area contributed by atoms with E-state index in [9.17, 15) is 22.8 Å². The van der Waals surface area contributed by atoms with Crippen LogP contribution in [0.5, 0.6) is 0 Å². The average molecular weight is 414 g/mol. The monoisotopic (exact) mass is 414 g/mol. The fourth-order valence-electron chi connectivity index (χ4n) is 2.87. The highest BCUT2D eigenvalue weighted by Crippen LogP contribution is 2.29. The smallest absolute Gasteiger partial charge is 0.304 e. The highest BCUT2D eigenvalue weighted by atomic mass is 19.3. The number of nitrogens with zero attached hydrogens (tertiary/aromatic N) is 2. The molecule has 1 heterocycles. The number of carbonyl (C=O) groups excluding carboxylic acids is 2. The lowest BCUT2D eigenvalue weighted by molar-refractivity contribution is -0.130. The van der Waals surface area contributed by atoms with Crippen LogP contribution in [0, 0.1) is 5.92 Å². The highest BCUT2D eigenvalue weighted by molar-refractivity contribution is 5.89. The third-order valence-electron chi connectivity index (χ3n) is 4.84. The molecule has 2 rings (SSSR count). The maximum absolute atomic E-state index is 13.5. The van der Waals surface area contributed by atoms with Crippen LogP contribution in [0.15, 0.2) is 24.0 Å². The number of hydrogen-bond donors (Lipinski definition) is 2. The lowest BCUT2D eigenvalue weighted by atomic mass is 10.0. The third kappa shape index (κ3) is 6.61. The third-order valence-corrected chi connectivity index (χ3v) is 4.84. The van der Waals surface area contributed by atoms with Crippen molar-refractivity contribution in [3.8, 4) is 0 Å². The predicted molar refractivity (Wildman–Crippen MR) is 103 cm³/mol. The average Bonchev–Trinajstić information content (AvgIpc) is 3.39. The summed E-state index contributed by atoms with van der Waals surface area (Å²) in [6.45, 7) is 5.49. The Kier molecular flexibility index (Phi) is 7.13. The van der Waals surface area contributed by atoms with Crippen LogP contribution in [0.1, 0.15) is 52.5 Å². The van der Waals surface area contributed by atoms with Gasteiger partial charge < -0.3 is 10.6 Å². The molecule has 0 aromatic carbocycles. The minimum absolute atomic E-state index is 0.0242.